The van der Waals surface area contributed by atoms with Crippen LogP contribution in [0.5, 0.6) is 0 Å². The van der Waals surface area contributed by atoms with Gasteiger partial charge in [-0.2, -0.15) is 0 Å². The molecule has 1 saturated heterocycles. The molecular formula is C14H19NO4. The molecule has 1 aliphatic heterocycles. The third-order valence-electron chi connectivity index (χ3n) is 3.09. The molecule has 0 unspecified atom stereocenters. The van der Waals surface area contributed by atoms with Crippen molar-refractivity contribution < 1.29 is 19.4 Å². The van der Waals surface area contributed by atoms with Gasteiger partial charge in [-0.25, -0.2) is 0 Å². The first-order valence-electron chi connectivity index (χ1n) is 6.35. The van der Waals surface area contributed by atoms with Crippen molar-refractivity contribution in [2.45, 2.75) is 12.7 Å². The van der Waals surface area contributed by atoms with Gasteiger partial charge < -0.3 is 19.5 Å². The van der Waals surface area contributed by atoms with Gasteiger partial charge in [0.1, 0.15) is 0 Å². The van der Waals surface area contributed by atoms with Gasteiger partial charge in [-0.1, -0.05) is 12.1 Å². The van der Waals surface area contributed by atoms with Crippen LogP contribution >= 0.6 is 0 Å². The van der Waals surface area contributed by atoms with E-state index < -0.39 is 0 Å². The predicted octanol–water partition coefficient (Wildman–Crippen LogP) is 0.666. The Morgan fingerprint density at radius 3 is 2.68 bits per heavy atom. The Balaban J connectivity index is 1.93. The first-order valence-corrected chi connectivity index (χ1v) is 6.35. The van der Waals surface area contributed by atoms with Crippen LogP contribution in [0.1, 0.15) is 15.9 Å². The second kappa shape index (κ2) is 6.65. The zero-order valence-corrected chi connectivity index (χ0v) is 11.0. The molecule has 1 aliphatic rings. The minimum absolute atomic E-state index is 0.0163. The number of carbonyl (C=O) groups is 1. The van der Waals surface area contributed by atoms with Gasteiger partial charge in [0, 0.05) is 19.2 Å². The fourth-order valence-electron chi connectivity index (χ4n) is 2.00. The summed E-state index contributed by atoms with van der Waals surface area (Å²) in [5, 5.41) is 8.97. The van der Waals surface area contributed by atoms with Gasteiger partial charge in [0.15, 0.2) is 0 Å². The minimum atomic E-state index is -0.0568. The first-order chi connectivity index (χ1) is 9.20. The van der Waals surface area contributed by atoms with Crippen LogP contribution < -0.4 is 0 Å². The number of aliphatic hydroxyl groups is 1. The lowest BCUT2D eigenvalue weighted by Crippen LogP contribution is -2.40. The first kappa shape index (κ1) is 14.0. The summed E-state index contributed by atoms with van der Waals surface area (Å²) in [4.78, 5) is 13.8. The number of hydrogen-bond donors (Lipinski definition) is 1. The molecule has 0 radical (unpaired) electrons. The normalized spacial score (nSPS) is 19.2. The van der Waals surface area contributed by atoms with Gasteiger partial charge in [-0.15, -0.1) is 0 Å². The maximum Gasteiger partial charge on any atom is 0.253 e. The van der Waals surface area contributed by atoms with Crippen LogP contribution in [0.25, 0.3) is 0 Å². The van der Waals surface area contributed by atoms with E-state index in [0.717, 1.165) is 5.56 Å². The largest absolute Gasteiger partial charge is 0.392 e. The highest BCUT2D eigenvalue weighted by Gasteiger charge is 2.20. The zero-order valence-electron chi connectivity index (χ0n) is 11.0. The van der Waals surface area contributed by atoms with Crippen LogP contribution in [-0.4, -0.2) is 55.4 Å². The van der Waals surface area contributed by atoms with Gasteiger partial charge in [0.2, 0.25) is 0 Å². The summed E-state index contributed by atoms with van der Waals surface area (Å²) < 4.78 is 10.8. The molecule has 0 aromatic heterocycles. The molecule has 1 heterocycles. The molecule has 1 aromatic rings. The van der Waals surface area contributed by atoms with Crippen LogP contribution in [0.4, 0.5) is 0 Å². The van der Waals surface area contributed by atoms with Crippen molar-refractivity contribution in [3.05, 3.63) is 35.4 Å². The topological polar surface area (TPSA) is 59.0 Å². The quantitative estimate of drug-likeness (QED) is 0.869. The summed E-state index contributed by atoms with van der Waals surface area (Å²) in [7, 11) is 1.75. The average Bonchev–Trinajstić information content (AvgIpc) is 2.47. The molecule has 0 bridgehead atoms. The van der Waals surface area contributed by atoms with Crippen LogP contribution in [0.15, 0.2) is 24.3 Å². The van der Waals surface area contributed by atoms with Gasteiger partial charge in [-0.3, -0.25) is 4.79 Å². The highest BCUT2D eigenvalue weighted by Crippen LogP contribution is 2.09. The average molecular weight is 265 g/mol. The molecule has 19 heavy (non-hydrogen) atoms. The Morgan fingerprint density at radius 1 is 1.37 bits per heavy atom. The number of benzene rings is 1. The molecule has 0 spiro atoms. The van der Waals surface area contributed by atoms with Crippen molar-refractivity contribution >= 4 is 5.91 Å². The monoisotopic (exact) mass is 265 g/mol. The summed E-state index contributed by atoms with van der Waals surface area (Å²) in [6.07, 6.45) is -0.0561. The van der Waals surface area contributed by atoms with Crippen LogP contribution in [0, 0.1) is 0 Å². The number of nitrogens with zero attached hydrogens (tertiary/aromatic N) is 1. The zero-order chi connectivity index (χ0) is 13.7. The van der Waals surface area contributed by atoms with Gasteiger partial charge in [0.05, 0.1) is 32.5 Å². The van der Waals surface area contributed by atoms with Gasteiger partial charge in [-0.05, 0) is 17.7 Å². The molecule has 1 fully saturated rings. The lowest BCUT2D eigenvalue weighted by Gasteiger charge is -2.27. The molecule has 0 aliphatic carbocycles. The Hall–Kier alpha value is -1.43. The molecule has 5 heteroatoms. The molecule has 2 rings (SSSR count). The van der Waals surface area contributed by atoms with E-state index in [9.17, 15) is 4.79 Å². The number of aliphatic hydroxyl groups excluding tert-OH is 1. The Morgan fingerprint density at radius 2 is 2.11 bits per heavy atom. The Labute approximate surface area is 112 Å². The fraction of sp³-hybridized carbons (Fsp3) is 0.500. The predicted molar refractivity (Wildman–Crippen MR) is 69.9 cm³/mol. The smallest absolute Gasteiger partial charge is 0.253 e. The Kier molecular flexibility index (Phi) is 4.90. The van der Waals surface area contributed by atoms with Crippen LogP contribution in [-0.2, 0) is 16.1 Å². The number of carbonyl (C=O) groups excluding carboxylic acids is 1. The third-order valence-corrected chi connectivity index (χ3v) is 3.09. The van der Waals surface area contributed by atoms with E-state index in [2.05, 4.69) is 0 Å². The molecule has 1 atom stereocenters. The SMILES string of the molecule is CN(C[C@@H]1COCCO1)C(=O)c1ccc(CO)cc1. The van der Waals surface area contributed by atoms with E-state index in [0.29, 0.717) is 31.9 Å². The van der Waals surface area contributed by atoms with Gasteiger partial charge in [0.25, 0.3) is 5.91 Å². The summed E-state index contributed by atoms with van der Waals surface area (Å²) in [6, 6.07) is 6.95. The van der Waals surface area contributed by atoms with Crippen molar-refractivity contribution in [1.82, 2.24) is 4.90 Å². The number of rotatable bonds is 4. The Bertz CT molecular complexity index is 412. The van der Waals surface area contributed by atoms with E-state index >= 15 is 0 Å². The highest BCUT2D eigenvalue weighted by molar-refractivity contribution is 5.94. The van der Waals surface area contributed by atoms with Crippen LogP contribution in [0.2, 0.25) is 0 Å². The van der Waals surface area contributed by atoms with Crippen LogP contribution in [0.3, 0.4) is 0 Å². The van der Waals surface area contributed by atoms with Crippen molar-refractivity contribution in [3.63, 3.8) is 0 Å². The minimum Gasteiger partial charge on any atom is -0.392 e. The molecule has 1 amide bonds. The second-order valence-electron chi connectivity index (χ2n) is 4.61. The second-order valence-corrected chi connectivity index (χ2v) is 4.61. The number of hydrogen-bond acceptors (Lipinski definition) is 4. The molecule has 1 aromatic carbocycles. The number of ether oxygens (including phenoxy) is 2. The van der Waals surface area contributed by atoms with Gasteiger partial charge >= 0.3 is 0 Å². The summed E-state index contributed by atoms with van der Waals surface area (Å²) in [5.74, 6) is -0.0568. The lowest BCUT2D eigenvalue weighted by molar-refractivity contribution is -0.0933. The van der Waals surface area contributed by atoms with E-state index in [1.165, 1.54) is 0 Å². The fourth-order valence-corrected chi connectivity index (χ4v) is 2.00. The maximum absolute atomic E-state index is 12.2. The molecule has 104 valence electrons. The van der Waals surface area contributed by atoms with Crippen molar-refractivity contribution in [3.8, 4) is 0 Å². The third kappa shape index (κ3) is 3.76. The number of amides is 1. The highest BCUT2D eigenvalue weighted by atomic mass is 16.6. The van der Waals surface area contributed by atoms with Crippen molar-refractivity contribution in [2.75, 3.05) is 33.4 Å². The summed E-state index contributed by atoms with van der Waals surface area (Å²) in [6.45, 7) is 2.23. The molecular weight excluding hydrogens is 246 g/mol. The van der Waals surface area contributed by atoms with E-state index in [1.807, 2.05) is 0 Å². The maximum atomic E-state index is 12.2. The lowest BCUT2D eigenvalue weighted by atomic mass is 10.1. The molecule has 1 N–H and O–H groups in total. The van der Waals surface area contributed by atoms with Crippen molar-refractivity contribution in [1.29, 1.82) is 0 Å². The molecule has 5 nitrogen and oxygen atoms in total. The molecule has 0 saturated carbocycles. The van der Waals surface area contributed by atoms with Crippen molar-refractivity contribution in [2.24, 2.45) is 0 Å². The summed E-state index contributed by atoms with van der Waals surface area (Å²) in [5.41, 5.74) is 1.40. The summed E-state index contributed by atoms with van der Waals surface area (Å²) >= 11 is 0. The van der Waals surface area contributed by atoms with E-state index in [1.54, 1.807) is 36.2 Å². The standard InChI is InChI=1S/C14H19NO4/c1-15(8-13-10-18-6-7-19-13)14(17)12-4-2-11(9-16)3-5-12/h2-5,13,16H,6-10H2,1H3/t13-/m1/s1. The van der Waals surface area contributed by atoms with E-state index in [-0.39, 0.29) is 18.6 Å². The van der Waals surface area contributed by atoms with E-state index in [4.69, 9.17) is 14.6 Å². The number of likely N-dealkylation sites (N-methyl/N-ethyl adjacent to an activating group) is 1.